The van der Waals surface area contributed by atoms with Crippen molar-refractivity contribution in [2.45, 2.75) is 45.5 Å². The van der Waals surface area contributed by atoms with Crippen molar-refractivity contribution in [3.8, 4) is 11.3 Å². The van der Waals surface area contributed by atoms with E-state index < -0.39 is 29.7 Å². The second kappa shape index (κ2) is 9.34. The number of nitrogens with zero attached hydrogens (tertiary/aromatic N) is 2. The van der Waals surface area contributed by atoms with E-state index in [0.717, 1.165) is 5.69 Å². The number of carbonyl (C=O) groups excluding carboxylic acids is 3. The van der Waals surface area contributed by atoms with Gasteiger partial charge in [0.25, 0.3) is 0 Å². The maximum Gasteiger partial charge on any atom is 0.411 e. The van der Waals surface area contributed by atoms with E-state index in [9.17, 15) is 18.8 Å². The number of carbonyl (C=O) groups is 3. The fraction of sp³-hybridized carbons (Fsp3) is 0.333. The van der Waals surface area contributed by atoms with Gasteiger partial charge in [-0.25, -0.2) is 14.2 Å². The molecule has 2 amide bonds. The fourth-order valence-electron chi connectivity index (χ4n) is 4.25. The number of para-hydroxylation sites is 1. The number of H-pyrrole nitrogens is 1. The number of alkyl halides is 1. The van der Waals surface area contributed by atoms with Gasteiger partial charge in [0, 0.05) is 23.1 Å². The number of hydrogen-bond donors (Lipinski definition) is 3. The summed E-state index contributed by atoms with van der Waals surface area (Å²) in [5, 5.41) is 6.01. The van der Waals surface area contributed by atoms with Gasteiger partial charge in [0.1, 0.15) is 17.6 Å². The highest BCUT2D eigenvalue weighted by molar-refractivity contribution is 6.09. The summed E-state index contributed by atoms with van der Waals surface area (Å²) in [4.78, 5) is 47.1. The molecule has 1 saturated carbocycles. The van der Waals surface area contributed by atoms with Gasteiger partial charge in [-0.15, -0.1) is 0 Å². The van der Waals surface area contributed by atoms with E-state index in [1.54, 1.807) is 32.9 Å². The quantitative estimate of drug-likeness (QED) is 0.447. The normalized spacial score (nSPS) is 18.7. The first-order valence-corrected chi connectivity index (χ1v) is 12.1. The van der Waals surface area contributed by atoms with Gasteiger partial charge in [-0.05, 0) is 51.5 Å². The number of amides is 2. The number of hydrogen-bond acceptors (Lipinski definition) is 6. The van der Waals surface area contributed by atoms with Gasteiger partial charge in [0.2, 0.25) is 5.91 Å². The van der Waals surface area contributed by atoms with Crippen molar-refractivity contribution in [1.29, 1.82) is 0 Å². The maximum absolute atomic E-state index is 13.3. The second-order valence-electron chi connectivity index (χ2n) is 10.3. The zero-order chi connectivity index (χ0) is 26.3. The SMILES string of the molecule is CC(C)(C)OC(=O)N1CC(=O)c2c([nH]c(-c3ccnc(NC(=O)[C@@H]4C[C@@H]4F)c3)c2Nc2ccccc2)C1. The van der Waals surface area contributed by atoms with E-state index in [1.165, 1.54) is 11.1 Å². The minimum Gasteiger partial charge on any atom is -0.444 e. The molecule has 1 aromatic carbocycles. The minimum atomic E-state index is -1.11. The van der Waals surface area contributed by atoms with Gasteiger partial charge in [0.05, 0.1) is 36.0 Å². The first-order chi connectivity index (χ1) is 17.6. The third-order valence-corrected chi connectivity index (χ3v) is 6.08. The molecule has 0 unspecified atom stereocenters. The standard InChI is InChI=1S/C27H28FN5O4/c1-27(2,3)37-26(36)33-13-19-22(20(34)14-33)24(30-16-7-5-4-6-8-16)23(31-19)15-9-10-29-21(11-15)32-25(35)17-12-18(17)28/h4-11,17-18,30-31H,12-14H2,1-3H3,(H,29,32,35)/t17-,18+/m1/s1. The molecule has 0 bridgehead atoms. The fourth-order valence-corrected chi connectivity index (χ4v) is 4.25. The van der Waals surface area contributed by atoms with Gasteiger partial charge >= 0.3 is 6.09 Å². The molecular weight excluding hydrogens is 477 g/mol. The monoisotopic (exact) mass is 505 g/mol. The summed E-state index contributed by atoms with van der Waals surface area (Å²) in [6.45, 7) is 5.36. The van der Waals surface area contributed by atoms with Crippen LogP contribution in [0.3, 0.4) is 0 Å². The predicted octanol–water partition coefficient (Wildman–Crippen LogP) is 5.05. The summed E-state index contributed by atoms with van der Waals surface area (Å²) < 4.78 is 18.8. The number of halogens is 1. The summed E-state index contributed by atoms with van der Waals surface area (Å²) >= 11 is 0. The number of ether oxygens (including phenoxy) is 1. The number of nitrogens with one attached hydrogen (secondary N) is 3. The molecule has 37 heavy (non-hydrogen) atoms. The highest BCUT2D eigenvalue weighted by Gasteiger charge is 2.43. The highest BCUT2D eigenvalue weighted by atomic mass is 19.1. The molecule has 192 valence electrons. The van der Waals surface area contributed by atoms with Crippen molar-refractivity contribution in [2.75, 3.05) is 17.2 Å². The van der Waals surface area contributed by atoms with Gasteiger partial charge in [-0.3, -0.25) is 14.5 Å². The molecule has 1 fully saturated rings. The first-order valence-electron chi connectivity index (χ1n) is 12.1. The van der Waals surface area contributed by atoms with E-state index in [-0.39, 0.29) is 31.1 Å². The van der Waals surface area contributed by atoms with Crippen LogP contribution in [-0.4, -0.2) is 51.0 Å². The van der Waals surface area contributed by atoms with Crippen molar-refractivity contribution in [2.24, 2.45) is 5.92 Å². The van der Waals surface area contributed by atoms with Crippen molar-refractivity contribution < 1.29 is 23.5 Å². The molecule has 1 aliphatic heterocycles. The number of rotatable bonds is 5. The van der Waals surface area contributed by atoms with E-state index >= 15 is 0 Å². The molecule has 0 spiro atoms. The lowest BCUT2D eigenvalue weighted by Gasteiger charge is -2.29. The molecule has 0 radical (unpaired) electrons. The Labute approximate surface area is 213 Å². The molecule has 2 aromatic heterocycles. The maximum atomic E-state index is 13.3. The summed E-state index contributed by atoms with van der Waals surface area (Å²) in [6, 6.07) is 12.8. The number of aromatic nitrogens is 2. The van der Waals surface area contributed by atoms with E-state index in [2.05, 4.69) is 20.6 Å². The van der Waals surface area contributed by atoms with Crippen molar-refractivity contribution in [3.63, 3.8) is 0 Å². The van der Waals surface area contributed by atoms with Crippen LogP contribution >= 0.6 is 0 Å². The van der Waals surface area contributed by atoms with Crippen molar-refractivity contribution in [1.82, 2.24) is 14.9 Å². The molecule has 2 aliphatic rings. The molecule has 9 nitrogen and oxygen atoms in total. The lowest BCUT2D eigenvalue weighted by molar-refractivity contribution is -0.117. The van der Waals surface area contributed by atoms with Crippen LogP contribution in [0.25, 0.3) is 11.3 Å². The van der Waals surface area contributed by atoms with Crippen LogP contribution in [0.1, 0.15) is 43.2 Å². The number of Topliss-reactive ketones (excluding diaryl/α,β-unsaturated/α-hetero) is 1. The molecule has 2 atom stereocenters. The second-order valence-corrected chi connectivity index (χ2v) is 10.3. The number of pyridine rings is 1. The smallest absolute Gasteiger partial charge is 0.411 e. The van der Waals surface area contributed by atoms with Crippen LogP contribution in [0.2, 0.25) is 0 Å². The Morgan fingerprint density at radius 2 is 1.89 bits per heavy atom. The zero-order valence-electron chi connectivity index (χ0n) is 20.8. The molecule has 10 heteroatoms. The van der Waals surface area contributed by atoms with E-state index in [4.69, 9.17) is 4.74 Å². The largest absolute Gasteiger partial charge is 0.444 e. The van der Waals surface area contributed by atoms with Crippen LogP contribution in [0.4, 0.5) is 26.4 Å². The van der Waals surface area contributed by atoms with E-state index in [0.29, 0.717) is 28.2 Å². The Morgan fingerprint density at radius 1 is 1.16 bits per heavy atom. The number of aromatic amines is 1. The van der Waals surface area contributed by atoms with Crippen LogP contribution in [-0.2, 0) is 16.1 Å². The molecular formula is C27H28FN5O4. The Morgan fingerprint density at radius 3 is 2.57 bits per heavy atom. The van der Waals surface area contributed by atoms with E-state index in [1.807, 2.05) is 30.3 Å². The molecule has 3 aromatic rings. The van der Waals surface area contributed by atoms with Crippen LogP contribution < -0.4 is 10.6 Å². The molecule has 1 aliphatic carbocycles. The van der Waals surface area contributed by atoms with Gasteiger partial charge in [-0.1, -0.05) is 18.2 Å². The van der Waals surface area contributed by atoms with Gasteiger partial charge in [0.15, 0.2) is 5.78 Å². The number of anilines is 3. The predicted molar refractivity (Wildman–Crippen MR) is 136 cm³/mol. The lowest BCUT2D eigenvalue weighted by atomic mass is 10.0. The summed E-state index contributed by atoms with van der Waals surface area (Å²) in [5.41, 5.74) is 2.92. The Kier molecular flexibility index (Phi) is 6.18. The first kappa shape index (κ1) is 24.5. The molecule has 3 N–H and O–H groups in total. The third kappa shape index (κ3) is 5.32. The summed E-state index contributed by atoms with van der Waals surface area (Å²) in [5.74, 6) is -1.01. The minimum absolute atomic E-state index is 0.119. The highest BCUT2D eigenvalue weighted by Crippen LogP contribution is 2.39. The van der Waals surface area contributed by atoms with Crippen LogP contribution in [0.15, 0.2) is 48.7 Å². The van der Waals surface area contributed by atoms with Crippen LogP contribution in [0, 0.1) is 5.92 Å². The Hall–Kier alpha value is -4.21. The van der Waals surface area contributed by atoms with Crippen molar-refractivity contribution in [3.05, 3.63) is 59.9 Å². The zero-order valence-corrected chi connectivity index (χ0v) is 20.8. The summed E-state index contributed by atoms with van der Waals surface area (Å²) in [6.07, 6.45) is 0.0708. The Balaban J connectivity index is 1.51. The number of ketones is 1. The van der Waals surface area contributed by atoms with Gasteiger partial charge < -0.3 is 20.4 Å². The third-order valence-electron chi connectivity index (χ3n) is 6.08. The average molecular weight is 506 g/mol. The topological polar surface area (TPSA) is 116 Å². The lowest BCUT2D eigenvalue weighted by Crippen LogP contribution is -2.42. The molecule has 5 rings (SSSR count). The summed E-state index contributed by atoms with van der Waals surface area (Å²) in [7, 11) is 0. The number of benzene rings is 1. The number of fused-ring (bicyclic) bond motifs is 1. The Bertz CT molecular complexity index is 1360. The van der Waals surface area contributed by atoms with Gasteiger partial charge in [-0.2, -0.15) is 0 Å². The average Bonchev–Trinajstić information content (AvgIpc) is 3.46. The molecule has 0 saturated heterocycles. The van der Waals surface area contributed by atoms with Crippen LogP contribution in [0.5, 0.6) is 0 Å². The molecule has 3 heterocycles. The van der Waals surface area contributed by atoms with Crippen molar-refractivity contribution >= 4 is 35.0 Å².